The van der Waals surface area contributed by atoms with Crippen molar-refractivity contribution in [3.8, 4) is 0 Å². The van der Waals surface area contributed by atoms with E-state index in [9.17, 15) is 0 Å². The average molecular weight is 307 g/mol. The van der Waals surface area contributed by atoms with Crippen LogP contribution in [0.2, 0.25) is 0 Å². The topological polar surface area (TPSA) is 35.6 Å². The third-order valence-corrected chi connectivity index (χ3v) is 4.68. The minimum Gasteiger partial charge on any atom is -0.325 e. The van der Waals surface area contributed by atoms with Crippen molar-refractivity contribution >= 4 is 34.3 Å². The standard InChI is InChI=1S/C14H15ClN4S/c1-18-10(7-15)8-16-14(18)20-9-12-11-5-3-4-6-13(11)19(2)17-12/h3-6,8H,7,9H2,1-2H3. The molecule has 1 aromatic carbocycles. The Morgan fingerprint density at radius 2 is 2.05 bits per heavy atom. The Morgan fingerprint density at radius 1 is 1.25 bits per heavy atom. The SMILES string of the molecule is Cn1c(CCl)cnc1SCc1nn(C)c2ccccc12. The Balaban J connectivity index is 1.85. The highest BCUT2D eigenvalue weighted by atomic mass is 35.5. The predicted octanol–water partition coefficient (Wildman–Crippen LogP) is 3.34. The van der Waals surface area contributed by atoms with Gasteiger partial charge < -0.3 is 4.57 Å². The number of hydrogen-bond acceptors (Lipinski definition) is 3. The molecule has 0 fully saturated rings. The highest BCUT2D eigenvalue weighted by Crippen LogP contribution is 2.26. The van der Waals surface area contributed by atoms with Gasteiger partial charge in [-0.25, -0.2) is 4.98 Å². The van der Waals surface area contributed by atoms with E-state index in [0.717, 1.165) is 27.8 Å². The fourth-order valence-electron chi connectivity index (χ4n) is 2.21. The second-order valence-corrected chi connectivity index (χ2v) is 5.81. The van der Waals surface area contributed by atoms with Gasteiger partial charge in [-0.05, 0) is 6.07 Å². The molecule has 0 N–H and O–H groups in total. The molecule has 0 bridgehead atoms. The molecule has 104 valence electrons. The minimum atomic E-state index is 0.483. The van der Waals surface area contributed by atoms with E-state index in [4.69, 9.17) is 11.6 Å². The molecule has 20 heavy (non-hydrogen) atoms. The van der Waals surface area contributed by atoms with Crippen molar-refractivity contribution in [2.45, 2.75) is 16.8 Å². The van der Waals surface area contributed by atoms with Gasteiger partial charge in [0.05, 0.1) is 29.0 Å². The summed E-state index contributed by atoms with van der Waals surface area (Å²) in [4.78, 5) is 4.40. The molecule has 0 aliphatic heterocycles. The molecule has 0 radical (unpaired) electrons. The molecule has 0 spiro atoms. The molecule has 0 aliphatic carbocycles. The molecule has 0 saturated carbocycles. The maximum absolute atomic E-state index is 5.86. The molecule has 3 rings (SSSR count). The first-order chi connectivity index (χ1) is 9.70. The molecular weight excluding hydrogens is 292 g/mol. The number of fused-ring (bicyclic) bond motifs is 1. The van der Waals surface area contributed by atoms with Gasteiger partial charge in [0.2, 0.25) is 0 Å². The Labute approximate surface area is 126 Å². The Morgan fingerprint density at radius 3 is 2.80 bits per heavy atom. The van der Waals surface area contributed by atoms with Crippen molar-refractivity contribution in [3.63, 3.8) is 0 Å². The van der Waals surface area contributed by atoms with Crippen LogP contribution in [-0.2, 0) is 25.7 Å². The van der Waals surface area contributed by atoms with Crippen molar-refractivity contribution in [2.75, 3.05) is 0 Å². The summed E-state index contributed by atoms with van der Waals surface area (Å²) in [6.45, 7) is 0. The van der Waals surface area contributed by atoms with Crippen LogP contribution in [0.25, 0.3) is 10.9 Å². The first kappa shape index (κ1) is 13.5. The third-order valence-electron chi connectivity index (χ3n) is 3.35. The Bertz CT molecular complexity index is 747. The van der Waals surface area contributed by atoms with Crippen molar-refractivity contribution in [2.24, 2.45) is 14.1 Å². The summed E-state index contributed by atoms with van der Waals surface area (Å²) in [6, 6.07) is 8.28. The molecule has 0 unspecified atom stereocenters. The second-order valence-electron chi connectivity index (χ2n) is 4.60. The van der Waals surface area contributed by atoms with E-state index >= 15 is 0 Å². The van der Waals surface area contributed by atoms with E-state index in [1.165, 1.54) is 5.39 Å². The number of alkyl halides is 1. The first-order valence-electron chi connectivity index (χ1n) is 6.30. The average Bonchev–Trinajstić information content (AvgIpc) is 2.98. The fraction of sp³-hybridized carbons (Fsp3) is 0.286. The first-order valence-corrected chi connectivity index (χ1v) is 7.82. The van der Waals surface area contributed by atoms with Crippen LogP contribution in [0.5, 0.6) is 0 Å². The van der Waals surface area contributed by atoms with Crippen LogP contribution in [0.1, 0.15) is 11.4 Å². The number of para-hydroxylation sites is 1. The molecule has 0 aliphatic rings. The molecule has 0 amide bonds. The monoisotopic (exact) mass is 306 g/mol. The zero-order valence-corrected chi connectivity index (χ0v) is 12.9. The smallest absolute Gasteiger partial charge is 0.168 e. The van der Waals surface area contributed by atoms with E-state index in [1.807, 2.05) is 41.7 Å². The van der Waals surface area contributed by atoms with E-state index in [2.05, 4.69) is 22.2 Å². The zero-order valence-electron chi connectivity index (χ0n) is 11.4. The molecule has 4 nitrogen and oxygen atoms in total. The lowest BCUT2D eigenvalue weighted by Crippen LogP contribution is -1.96. The van der Waals surface area contributed by atoms with Gasteiger partial charge in [0, 0.05) is 25.2 Å². The van der Waals surface area contributed by atoms with E-state index in [-0.39, 0.29) is 0 Å². The highest BCUT2D eigenvalue weighted by Gasteiger charge is 2.11. The highest BCUT2D eigenvalue weighted by molar-refractivity contribution is 7.98. The number of nitrogens with zero attached hydrogens (tertiary/aromatic N) is 4. The van der Waals surface area contributed by atoms with Crippen molar-refractivity contribution < 1.29 is 0 Å². The normalized spacial score (nSPS) is 11.3. The van der Waals surface area contributed by atoms with Gasteiger partial charge in [-0.15, -0.1) is 11.6 Å². The number of aryl methyl sites for hydroxylation is 1. The van der Waals surface area contributed by atoms with Gasteiger partial charge >= 0.3 is 0 Å². The molecule has 6 heteroatoms. The minimum absolute atomic E-state index is 0.483. The molecular formula is C14H15ClN4S. The van der Waals surface area contributed by atoms with Crippen LogP contribution in [0.15, 0.2) is 35.6 Å². The maximum atomic E-state index is 5.86. The lowest BCUT2D eigenvalue weighted by atomic mass is 10.2. The van der Waals surface area contributed by atoms with Gasteiger partial charge in [-0.2, -0.15) is 5.10 Å². The molecule has 0 atom stereocenters. The summed E-state index contributed by atoms with van der Waals surface area (Å²) in [6.07, 6.45) is 1.83. The lowest BCUT2D eigenvalue weighted by Gasteiger charge is -2.02. The number of halogens is 1. The van der Waals surface area contributed by atoms with Crippen molar-refractivity contribution in [3.05, 3.63) is 41.9 Å². The van der Waals surface area contributed by atoms with Crippen molar-refractivity contribution in [1.29, 1.82) is 0 Å². The number of rotatable bonds is 4. The van der Waals surface area contributed by atoms with Crippen LogP contribution >= 0.6 is 23.4 Å². The van der Waals surface area contributed by atoms with Gasteiger partial charge in [-0.3, -0.25) is 4.68 Å². The number of aromatic nitrogens is 4. The lowest BCUT2D eigenvalue weighted by molar-refractivity contribution is 0.758. The van der Waals surface area contributed by atoms with Gasteiger partial charge in [0.25, 0.3) is 0 Å². The van der Waals surface area contributed by atoms with Gasteiger partial charge in [-0.1, -0.05) is 30.0 Å². The molecule has 2 heterocycles. The number of benzene rings is 1. The summed E-state index contributed by atoms with van der Waals surface area (Å²) in [5.41, 5.74) is 3.27. The summed E-state index contributed by atoms with van der Waals surface area (Å²) in [5.74, 6) is 1.28. The molecule has 0 saturated heterocycles. The quantitative estimate of drug-likeness (QED) is 0.548. The second kappa shape index (κ2) is 5.50. The molecule has 2 aromatic heterocycles. The maximum Gasteiger partial charge on any atom is 0.168 e. The third kappa shape index (κ3) is 2.31. The Hall–Kier alpha value is -1.46. The number of thioether (sulfide) groups is 1. The summed E-state index contributed by atoms with van der Waals surface area (Å²) >= 11 is 7.54. The summed E-state index contributed by atoms with van der Waals surface area (Å²) in [7, 11) is 3.96. The van der Waals surface area contributed by atoms with E-state index in [0.29, 0.717) is 5.88 Å². The molecule has 3 aromatic rings. The largest absolute Gasteiger partial charge is 0.325 e. The van der Waals surface area contributed by atoms with Gasteiger partial charge in [0.15, 0.2) is 5.16 Å². The van der Waals surface area contributed by atoms with E-state index < -0.39 is 0 Å². The van der Waals surface area contributed by atoms with Crippen LogP contribution in [-0.4, -0.2) is 19.3 Å². The Kier molecular flexibility index (Phi) is 3.72. The summed E-state index contributed by atoms with van der Waals surface area (Å²) in [5, 5.41) is 6.77. The van der Waals surface area contributed by atoms with Crippen LogP contribution in [0, 0.1) is 0 Å². The predicted molar refractivity (Wildman–Crippen MR) is 83.0 cm³/mol. The van der Waals surface area contributed by atoms with E-state index in [1.54, 1.807) is 11.8 Å². The van der Waals surface area contributed by atoms with Crippen LogP contribution < -0.4 is 0 Å². The van der Waals surface area contributed by atoms with Crippen LogP contribution in [0.4, 0.5) is 0 Å². The van der Waals surface area contributed by atoms with Crippen LogP contribution in [0.3, 0.4) is 0 Å². The van der Waals surface area contributed by atoms with Crippen molar-refractivity contribution in [1.82, 2.24) is 19.3 Å². The zero-order chi connectivity index (χ0) is 14.1. The van der Waals surface area contributed by atoms with Gasteiger partial charge in [0.1, 0.15) is 0 Å². The fourth-order valence-corrected chi connectivity index (χ4v) is 3.38. The summed E-state index contributed by atoms with van der Waals surface area (Å²) < 4.78 is 3.95. The number of hydrogen-bond donors (Lipinski definition) is 0. The number of imidazole rings is 1.